The van der Waals surface area contributed by atoms with Crippen molar-refractivity contribution in [1.82, 2.24) is 20.8 Å². The van der Waals surface area contributed by atoms with Crippen LogP contribution in [0.4, 0.5) is 14.5 Å². The van der Waals surface area contributed by atoms with Crippen LogP contribution in [0.2, 0.25) is 0 Å². The number of nitrogens with zero attached hydrogens (tertiary/aromatic N) is 4. The summed E-state index contributed by atoms with van der Waals surface area (Å²) in [5.74, 6) is 2.38. The van der Waals surface area contributed by atoms with Crippen molar-refractivity contribution < 1.29 is 18.0 Å². The fraction of sp³-hybridized carbons (Fsp3) is 0.550. The highest BCUT2D eigenvalue weighted by Gasteiger charge is 2.26. The van der Waals surface area contributed by atoms with Gasteiger partial charge in [0.2, 0.25) is 5.89 Å². The molecule has 0 bridgehead atoms. The Kier molecular flexibility index (Phi) is 7.42. The fourth-order valence-electron chi connectivity index (χ4n) is 3.29. The maximum Gasteiger partial charge on any atom is 0.387 e. The molecule has 0 spiro atoms. The summed E-state index contributed by atoms with van der Waals surface area (Å²) in [6, 6.07) is 6.99. The summed E-state index contributed by atoms with van der Waals surface area (Å²) in [4.78, 5) is 10.7. The number of anilines is 1. The number of hydrogen-bond acceptors (Lipinski definition) is 6. The van der Waals surface area contributed by atoms with Gasteiger partial charge in [-0.05, 0) is 18.6 Å². The van der Waals surface area contributed by atoms with Gasteiger partial charge in [-0.2, -0.15) is 13.8 Å². The first-order valence-electron chi connectivity index (χ1n) is 10.0. The molecule has 30 heavy (non-hydrogen) atoms. The Labute approximate surface area is 174 Å². The minimum Gasteiger partial charge on any atom is -0.433 e. The molecule has 0 saturated carbocycles. The molecule has 1 aromatic heterocycles. The second-order valence-electron chi connectivity index (χ2n) is 7.37. The number of nitrogens with one attached hydrogen (secondary N) is 2. The third kappa shape index (κ3) is 5.80. The smallest absolute Gasteiger partial charge is 0.387 e. The number of benzene rings is 1. The summed E-state index contributed by atoms with van der Waals surface area (Å²) in [7, 11) is 1.71. The van der Waals surface area contributed by atoms with E-state index in [0.717, 1.165) is 13.0 Å². The van der Waals surface area contributed by atoms with Gasteiger partial charge < -0.3 is 24.8 Å². The lowest BCUT2D eigenvalue weighted by molar-refractivity contribution is -0.0495. The van der Waals surface area contributed by atoms with Gasteiger partial charge in [0.25, 0.3) is 0 Å². The van der Waals surface area contributed by atoms with Crippen molar-refractivity contribution in [3.8, 4) is 5.75 Å². The van der Waals surface area contributed by atoms with Crippen LogP contribution in [0, 0.1) is 0 Å². The SMILES string of the molecule is CN=C(NCCc1nc(C(C)C)no1)NC1CCN(c2ccccc2OC(F)F)C1. The zero-order valence-corrected chi connectivity index (χ0v) is 17.4. The van der Waals surface area contributed by atoms with Crippen molar-refractivity contribution in [2.45, 2.75) is 45.3 Å². The standard InChI is InChI=1S/C20H28F2N6O2/c1-13(2)18-26-17(30-27-18)8-10-24-20(23-3)25-14-9-11-28(12-14)15-6-4-5-7-16(15)29-19(21)22/h4-7,13-14,19H,8-12H2,1-3H3,(H2,23,24,25). The van der Waals surface area contributed by atoms with Crippen LogP contribution in [-0.4, -0.2) is 55.4 Å². The average Bonchev–Trinajstić information content (AvgIpc) is 3.37. The molecule has 0 aliphatic carbocycles. The molecule has 164 valence electrons. The first-order chi connectivity index (χ1) is 14.5. The Morgan fingerprint density at radius 1 is 1.37 bits per heavy atom. The highest BCUT2D eigenvalue weighted by atomic mass is 19.3. The monoisotopic (exact) mass is 422 g/mol. The van der Waals surface area contributed by atoms with Crippen LogP contribution in [0.5, 0.6) is 5.75 Å². The minimum atomic E-state index is -2.85. The van der Waals surface area contributed by atoms with Crippen molar-refractivity contribution in [2.24, 2.45) is 4.99 Å². The first-order valence-corrected chi connectivity index (χ1v) is 10.0. The highest BCUT2D eigenvalue weighted by molar-refractivity contribution is 5.80. The van der Waals surface area contributed by atoms with Gasteiger partial charge in [-0.25, -0.2) is 0 Å². The highest BCUT2D eigenvalue weighted by Crippen LogP contribution is 2.31. The summed E-state index contributed by atoms with van der Waals surface area (Å²) < 4.78 is 35.2. The van der Waals surface area contributed by atoms with Crippen molar-refractivity contribution in [3.63, 3.8) is 0 Å². The average molecular weight is 422 g/mol. The number of rotatable bonds is 8. The zero-order valence-electron chi connectivity index (χ0n) is 17.4. The molecule has 2 aromatic rings. The van der Waals surface area contributed by atoms with E-state index in [0.29, 0.717) is 42.9 Å². The molecule has 2 N–H and O–H groups in total. The summed E-state index contributed by atoms with van der Waals surface area (Å²) >= 11 is 0. The minimum absolute atomic E-state index is 0.131. The predicted octanol–water partition coefficient (Wildman–Crippen LogP) is 2.78. The summed E-state index contributed by atoms with van der Waals surface area (Å²) in [6.07, 6.45) is 1.45. The molecule has 3 rings (SSSR count). The van der Waals surface area contributed by atoms with Crippen molar-refractivity contribution in [1.29, 1.82) is 0 Å². The molecule has 1 saturated heterocycles. The van der Waals surface area contributed by atoms with E-state index in [4.69, 9.17) is 4.52 Å². The van der Waals surface area contributed by atoms with Crippen molar-refractivity contribution >= 4 is 11.6 Å². The van der Waals surface area contributed by atoms with E-state index >= 15 is 0 Å². The molecule has 1 aromatic carbocycles. The third-order valence-electron chi connectivity index (χ3n) is 4.81. The van der Waals surface area contributed by atoms with Gasteiger partial charge in [0.05, 0.1) is 5.69 Å². The number of hydrogen-bond donors (Lipinski definition) is 2. The molecule has 1 atom stereocenters. The number of para-hydroxylation sites is 2. The lowest BCUT2D eigenvalue weighted by Crippen LogP contribution is -2.45. The van der Waals surface area contributed by atoms with Gasteiger partial charge in [-0.3, -0.25) is 4.99 Å². The van der Waals surface area contributed by atoms with Gasteiger partial charge in [-0.1, -0.05) is 31.1 Å². The number of guanidine groups is 1. The van der Waals surface area contributed by atoms with E-state index in [9.17, 15) is 8.78 Å². The number of aromatic nitrogens is 2. The van der Waals surface area contributed by atoms with Crippen molar-refractivity contribution in [3.05, 3.63) is 36.0 Å². The molecule has 8 nitrogen and oxygen atoms in total. The van der Waals surface area contributed by atoms with Gasteiger partial charge in [-0.15, -0.1) is 0 Å². The van der Waals surface area contributed by atoms with Crippen LogP contribution in [-0.2, 0) is 6.42 Å². The van der Waals surface area contributed by atoms with Gasteiger partial charge in [0.15, 0.2) is 11.8 Å². The predicted molar refractivity (Wildman–Crippen MR) is 110 cm³/mol. The number of halogens is 2. The molecule has 10 heteroatoms. The number of ether oxygens (including phenoxy) is 1. The third-order valence-corrected chi connectivity index (χ3v) is 4.81. The summed E-state index contributed by atoms with van der Waals surface area (Å²) in [5, 5.41) is 10.6. The molecule has 2 heterocycles. The fourth-order valence-corrected chi connectivity index (χ4v) is 3.29. The molecule has 1 unspecified atom stereocenters. The Morgan fingerprint density at radius 2 is 2.17 bits per heavy atom. The normalized spacial score (nSPS) is 17.1. The largest absolute Gasteiger partial charge is 0.433 e. The second kappa shape index (κ2) is 10.2. The molecular formula is C20H28F2N6O2. The summed E-state index contributed by atoms with van der Waals surface area (Å²) in [5.41, 5.74) is 0.669. The Morgan fingerprint density at radius 3 is 2.87 bits per heavy atom. The Hall–Kier alpha value is -2.91. The van der Waals surface area contributed by atoms with E-state index in [1.807, 2.05) is 24.8 Å². The maximum absolute atomic E-state index is 12.7. The summed E-state index contributed by atoms with van der Waals surface area (Å²) in [6.45, 7) is 3.18. The molecule has 0 amide bonds. The quantitative estimate of drug-likeness (QED) is 0.500. The van der Waals surface area contributed by atoms with Crippen LogP contribution in [0.15, 0.2) is 33.8 Å². The lowest BCUT2D eigenvalue weighted by Gasteiger charge is -2.22. The zero-order chi connectivity index (χ0) is 21.5. The molecule has 1 fully saturated rings. The molecule has 1 aliphatic rings. The molecule has 1 aliphatic heterocycles. The van der Waals surface area contributed by atoms with Crippen LogP contribution in [0.1, 0.15) is 37.9 Å². The molecule has 0 radical (unpaired) electrons. The Balaban J connectivity index is 1.49. The van der Waals surface area contributed by atoms with E-state index < -0.39 is 6.61 Å². The van der Waals surface area contributed by atoms with Gasteiger partial charge >= 0.3 is 6.61 Å². The lowest BCUT2D eigenvalue weighted by atomic mass is 10.2. The van der Waals surface area contributed by atoms with E-state index in [-0.39, 0.29) is 17.7 Å². The topological polar surface area (TPSA) is 87.8 Å². The maximum atomic E-state index is 12.7. The number of alkyl halides is 2. The second-order valence-corrected chi connectivity index (χ2v) is 7.37. The Bertz CT molecular complexity index is 842. The van der Waals surface area contributed by atoms with Crippen molar-refractivity contribution in [2.75, 3.05) is 31.6 Å². The molecular weight excluding hydrogens is 394 g/mol. The number of aliphatic imine (C=N–C) groups is 1. The first kappa shape index (κ1) is 21.8. The van der Waals surface area contributed by atoms with Gasteiger partial charge in [0, 0.05) is 45.1 Å². The van der Waals surface area contributed by atoms with E-state index in [2.05, 4.69) is 30.5 Å². The van der Waals surface area contributed by atoms with Crippen LogP contribution in [0.25, 0.3) is 0 Å². The van der Waals surface area contributed by atoms with Crippen LogP contribution < -0.4 is 20.3 Å². The van der Waals surface area contributed by atoms with Gasteiger partial charge in [0.1, 0.15) is 5.75 Å². The van der Waals surface area contributed by atoms with E-state index in [1.165, 1.54) is 0 Å². The van der Waals surface area contributed by atoms with E-state index in [1.54, 1.807) is 25.2 Å². The van der Waals surface area contributed by atoms with Crippen LogP contribution >= 0.6 is 0 Å². The van der Waals surface area contributed by atoms with Crippen LogP contribution in [0.3, 0.4) is 0 Å².